The van der Waals surface area contributed by atoms with Crippen molar-refractivity contribution in [3.05, 3.63) is 64.1 Å². The predicted octanol–water partition coefficient (Wildman–Crippen LogP) is 3.09. The summed E-state index contributed by atoms with van der Waals surface area (Å²) in [6.07, 6.45) is -1.83. The van der Waals surface area contributed by atoms with Crippen LogP contribution >= 0.6 is 0 Å². The lowest BCUT2D eigenvalue weighted by Crippen LogP contribution is -2.35. The molecule has 1 heterocycles. The van der Waals surface area contributed by atoms with Crippen molar-refractivity contribution in [2.75, 3.05) is 5.32 Å². The molecular formula is C20H20F3N3O3. The van der Waals surface area contributed by atoms with E-state index in [1.807, 2.05) is 0 Å². The number of anilines is 1. The van der Waals surface area contributed by atoms with Crippen LogP contribution in [0.25, 0.3) is 0 Å². The van der Waals surface area contributed by atoms with E-state index in [1.54, 1.807) is 31.2 Å². The lowest BCUT2D eigenvalue weighted by molar-refractivity contribution is -0.139. The van der Waals surface area contributed by atoms with E-state index in [9.17, 15) is 27.6 Å². The molecule has 1 aromatic carbocycles. The third-order valence-corrected chi connectivity index (χ3v) is 4.64. The average molecular weight is 407 g/mol. The first-order valence-electron chi connectivity index (χ1n) is 9.12. The van der Waals surface area contributed by atoms with Crippen molar-refractivity contribution >= 4 is 17.5 Å². The highest BCUT2D eigenvalue weighted by atomic mass is 19.4. The fourth-order valence-electron chi connectivity index (χ4n) is 2.85. The number of hydrogen-bond acceptors (Lipinski definition) is 3. The Morgan fingerprint density at radius 3 is 2.41 bits per heavy atom. The first-order chi connectivity index (χ1) is 13.6. The van der Waals surface area contributed by atoms with Crippen LogP contribution in [0.1, 0.15) is 36.9 Å². The lowest BCUT2D eigenvalue weighted by Gasteiger charge is -2.16. The Balaban J connectivity index is 1.60. The van der Waals surface area contributed by atoms with Crippen LogP contribution in [0.5, 0.6) is 0 Å². The van der Waals surface area contributed by atoms with Gasteiger partial charge in [0.05, 0.1) is 6.04 Å². The Kier molecular flexibility index (Phi) is 5.76. The van der Waals surface area contributed by atoms with Crippen molar-refractivity contribution in [3.8, 4) is 0 Å². The molecule has 3 rings (SSSR count). The number of nitrogens with one attached hydrogen (secondary N) is 2. The summed E-state index contributed by atoms with van der Waals surface area (Å²) in [5.74, 6) is -0.511. The number of nitrogens with zero attached hydrogens (tertiary/aromatic N) is 1. The van der Waals surface area contributed by atoms with Gasteiger partial charge < -0.3 is 15.2 Å². The van der Waals surface area contributed by atoms with Crippen LogP contribution in [0.3, 0.4) is 0 Å². The van der Waals surface area contributed by atoms with E-state index in [0.717, 1.165) is 35.2 Å². The summed E-state index contributed by atoms with van der Waals surface area (Å²) in [5, 5.41) is 5.46. The predicted molar refractivity (Wildman–Crippen MR) is 100 cm³/mol. The number of pyridine rings is 1. The summed E-state index contributed by atoms with van der Waals surface area (Å²) in [4.78, 5) is 35.9. The molecule has 1 aliphatic carbocycles. The third-order valence-electron chi connectivity index (χ3n) is 4.64. The van der Waals surface area contributed by atoms with E-state index in [-0.39, 0.29) is 11.8 Å². The fraction of sp³-hybridized carbons (Fsp3) is 0.350. The van der Waals surface area contributed by atoms with Gasteiger partial charge in [-0.3, -0.25) is 14.4 Å². The van der Waals surface area contributed by atoms with Crippen molar-refractivity contribution in [3.63, 3.8) is 0 Å². The topological polar surface area (TPSA) is 80.2 Å². The van der Waals surface area contributed by atoms with Crippen LogP contribution in [0.4, 0.5) is 18.9 Å². The number of aromatic nitrogens is 1. The highest BCUT2D eigenvalue weighted by Gasteiger charge is 2.34. The van der Waals surface area contributed by atoms with Crippen LogP contribution < -0.4 is 16.2 Å². The molecule has 154 valence electrons. The summed E-state index contributed by atoms with van der Waals surface area (Å²) >= 11 is 0. The quantitative estimate of drug-likeness (QED) is 0.772. The number of hydrogen-bond donors (Lipinski definition) is 2. The molecule has 1 unspecified atom stereocenters. The van der Waals surface area contributed by atoms with Gasteiger partial charge in [-0.1, -0.05) is 12.1 Å². The number of amides is 2. The van der Waals surface area contributed by atoms with E-state index < -0.39 is 35.8 Å². The zero-order valence-corrected chi connectivity index (χ0v) is 15.6. The van der Waals surface area contributed by atoms with Gasteiger partial charge in [-0.05, 0) is 49.6 Å². The number of benzene rings is 1. The molecule has 1 fully saturated rings. The molecule has 0 bridgehead atoms. The minimum Gasteiger partial charge on any atom is -0.348 e. The molecule has 6 nitrogen and oxygen atoms in total. The van der Waals surface area contributed by atoms with E-state index in [2.05, 4.69) is 10.6 Å². The van der Waals surface area contributed by atoms with Gasteiger partial charge >= 0.3 is 6.18 Å². The zero-order valence-electron chi connectivity index (χ0n) is 15.6. The van der Waals surface area contributed by atoms with Crippen LogP contribution in [0.15, 0.2) is 47.4 Å². The minimum absolute atomic E-state index is 0.00868. The molecule has 2 amide bonds. The summed E-state index contributed by atoms with van der Waals surface area (Å²) in [6.45, 7) is 1.19. The monoisotopic (exact) mass is 407 g/mol. The molecule has 9 heteroatoms. The van der Waals surface area contributed by atoms with E-state index in [0.29, 0.717) is 11.8 Å². The molecule has 2 N–H and O–H groups in total. The molecule has 1 saturated carbocycles. The summed E-state index contributed by atoms with van der Waals surface area (Å²) in [5.41, 5.74) is -1.18. The van der Waals surface area contributed by atoms with Crippen molar-refractivity contribution in [2.45, 2.75) is 38.5 Å². The number of halogens is 3. The molecule has 2 aromatic rings. The zero-order chi connectivity index (χ0) is 21.2. The van der Waals surface area contributed by atoms with Gasteiger partial charge in [0.2, 0.25) is 11.8 Å². The standard InChI is InChI=1S/C20H20F3N3O3/c1-12(13-6-8-15(9-7-13)25-18(28)14-4-5-14)24-17(27)11-26-10-2-3-16(19(26)29)20(21,22)23/h2-3,6-10,12,14H,4-5,11H2,1H3,(H,24,27)(H,25,28). The highest BCUT2D eigenvalue weighted by molar-refractivity contribution is 5.94. The van der Waals surface area contributed by atoms with Crippen LogP contribution in [-0.4, -0.2) is 16.4 Å². The number of carbonyl (C=O) groups is 2. The Hall–Kier alpha value is -3.10. The van der Waals surface area contributed by atoms with Gasteiger partial charge in [0.25, 0.3) is 5.56 Å². The molecule has 0 aliphatic heterocycles. The minimum atomic E-state index is -4.78. The van der Waals surface area contributed by atoms with Gasteiger partial charge in [0.15, 0.2) is 0 Å². The summed E-state index contributed by atoms with van der Waals surface area (Å²) in [7, 11) is 0. The van der Waals surface area contributed by atoms with Gasteiger partial charge in [0.1, 0.15) is 12.1 Å². The Morgan fingerprint density at radius 1 is 1.17 bits per heavy atom. The van der Waals surface area contributed by atoms with Crippen molar-refractivity contribution in [1.82, 2.24) is 9.88 Å². The van der Waals surface area contributed by atoms with Gasteiger partial charge in [0, 0.05) is 17.8 Å². The second-order valence-electron chi connectivity index (χ2n) is 7.03. The first-order valence-corrected chi connectivity index (χ1v) is 9.12. The molecule has 0 radical (unpaired) electrons. The van der Waals surface area contributed by atoms with Crippen LogP contribution in [-0.2, 0) is 22.3 Å². The lowest BCUT2D eigenvalue weighted by atomic mass is 10.1. The molecule has 1 aliphatic rings. The maximum Gasteiger partial charge on any atom is 0.421 e. The number of rotatable bonds is 6. The van der Waals surface area contributed by atoms with Gasteiger partial charge in [-0.2, -0.15) is 13.2 Å². The van der Waals surface area contributed by atoms with E-state index in [1.165, 1.54) is 0 Å². The summed E-state index contributed by atoms with van der Waals surface area (Å²) in [6, 6.07) is 8.24. The number of carbonyl (C=O) groups excluding carboxylic acids is 2. The van der Waals surface area contributed by atoms with Crippen molar-refractivity contribution in [2.24, 2.45) is 5.92 Å². The second kappa shape index (κ2) is 8.10. The fourth-order valence-corrected chi connectivity index (χ4v) is 2.85. The maximum atomic E-state index is 12.8. The molecule has 29 heavy (non-hydrogen) atoms. The Bertz CT molecular complexity index is 963. The smallest absolute Gasteiger partial charge is 0.348 e. The van der Waals surface area contributed by atoms with Gasteiger partial charge in [-0.25, -0.2) is 0 Å². The number of alkyl halides is 3. The maximum absolute atomic E-state index is 12.8. The van der Waals surface area contributed by atoms with E-state index >= 15 is 0 Å². The normalized spacial score (nSPS) is 14.9. The molecule has 0 saturated heterocycles. The average Bonchev–Trinajstić information content (AvgIpc) is 3.48. The van der Waals surface area contributed by atoms with Gasteiger partial charge in [-0.15, -0.1) is 0 Å². The highest BCUT2D eigenvalue weighted by Crippen LogP contribution is 2.30. The molecule has 1 aromatic heterocycles. The van der Waals surface area contributed by atoms with Crippen LogP contribution in [0, 0.1) is 5.92 Å². The first kappa shape index (κ1) is 20.6. The molecule has 1 atom stereocenters. The van der Waals surface area contributed by atoms with E-state index in [4.69, 9.17) is 0 Å². The summed E-state index contributed by atoms with van der Waals surface area (Å²) < 4.78 is 39.2. The Labute approximate surface area is 164 Å². The molecular weight excluding hydrogens is 387 g/mol. The molecule has 0 spiro atoms. The third kappa shape index (κ3) is 5.24. The van der Waals surface area contributed by atoms with Crippen molar-refractivity contribution in [1.29, 1.82) is 0 Å². The second-order valence-corrected chi connectivity index (χ2v) is 7.03. The largest absolute Gasteiger partial charge is 0.421 e. The van der Waals surface area contributed by atoms with Crippen molar-refractivity contribution < 1.29 is 22.8 Å². The Morgan fingerprint density at radius 2 is 1.83 bits per heavy atom. The van der Waals surface area contributed by atoms with Crippen LogP contribution in [0.2, 0.25) is 0 Å². The SMILES string of the molecule is CC(NC(=O)Cn1cccc(C(F)(F)F)c1=O)c1ccc(NC(=O)C2CC2)cc1.